The SMILES string of the molecule is CC(=O)Nc1cccc(C(C)Nc2cc(Br)cnc2Cl)c1. The van der Waals surface area contributed by atoms with Crippen molar-refractivity contribution in [2.24, 2.45) is 0 Å². The lowest BCUT2D eigenvalue weighted by Crippen LogP contribution is -2.09. The molecule has 2 rings (SSSR count). The van der Waals surface area contributed by atoms with Gasteiger partial charge < -0.3 is 10.6 Å². The van der Waals surface area contributed by atoms with E-state index in [4.69, 9.17) is 11.6 Å². The van der Waals surface area contributed by atoms with Gasteiger partial charge in [-0.05, 0) is 46.6 Å². The summed E-state index contributed by atoms with van der Waals surface area (Å²) in [5, 5.41) is 6.50. The van der Waals surface area contributed by atoms with Gasteiger partial charge in [-0.3, -0.25) is 4.79 Å². The van der Waals surface area contributed by atoms with E-state index < -0.39 is 0 Å². The molecule has 21 heavy (non-hydrogen) atoms. The molecule has 1 heterocycles. The van der Waals surface area contributed by atoms with Gasteiger partial charge in [-0.15, -0.1) is 0 Å². The van der Waals surface area contributed by atoms with Crippen LogP contribution in [0.5, 0.6) is 0 Å². The lowest BCUT2D eigenvalue weighted by Gasteiger charge is -2.17. The minimum Gasteiger partial charge on any atom is -0.376 e. The number of benzene rings is 1. The van der Waals surface area contributed by atoms with Gasteiger partial charge in [0, 0.05) is 29.3 Å². The number of rotatable bonds is 4. The van der Waals surface area contributed by atoms with Gasteiger partial charge in [0.2, 0.25) is 5.91 Å². The summed E-state index contributed by atoms with van der Waals surface area (Å²) in [5.41, 5.74) is 2.56. The molecule has 1 atom stereocenters. The Kier molecular flexibility index (Phi) is 5.20. The zero-order valence-corrected chi connectivity index (χ0v) is 14.0. The minimum absolute atomic E-state index is 0.0207. The molecular weight excluding hydrogens is 354 g/mol. The normalized spacial score (nSPS) is 11.8. The number of anilines is 2. The zero-order valence-electron chi connectivity index (χ0n) is 11.7. The van der Waals surface area contributed by atoms with Crippen LogP contribution in [0.2, 0.25) is 5.15 Å². The monoisotopic (exact) mass is 367 g/mol. The van der Waals surface area contributed by atoms with E-state index in [1.54, 1.807) is 6.20 Å². The summed E-state index contributed by atoms with van der Waals surface area (Å²) < 4.78 is 0.855. The number of carbonyl (C=O) groups excluding carboxylic acids is 1. The van der Waals surface area contributed by atoms with E-state index in [0.717, 1.165) is 21.4 Å². The summed E-state index contributed by atoms with van der Waals surface area (Å²) in [5.74, 6) is -0.0907. The number of hydrogen-bond donors (Lipinski definition) is 2. The van der Waals surface area contributed by atoms with Crippen molar-refractivity contribution in [1.29, 1.82) is 0 Å². The second-order valence-corrected chi connectivity index (χ2v) is 5.94. The van der Waals surface area contributed by atoms with Gasteiger partial charge in [0.25, 0.3) is 0 Å². The van der Waals surface area contributed by atoms with E-state index in [2.05, 4.69) is 31.5 Å². The molecule has 6 heteroatoms. The Balaban J connectivity index is 2.18. The molecule has 110 valence electrons. The summed E-state index contributed by atoms with van der Waals surface area (Å²) >= 11 is 9.45. The molecule has 1 aromatic carbocycles. The highest BCUT2D eigenvalue weighted by molar-refractivity contribution is 9.10. The van der Waals surface area contributed by atoms with Gasteiger partial charge in [-0.1, -0.05) is 23.7 Å². The second kappa shape index (κ2) is 6.91. The van der Waals surface area contributed by atoms with Crippen molar-refractivity contribution in [2.45, 2.75) is 19.9 Å². The largest absolute Gasteiger partial charge is 0.376 e. The highest BCUT2D eigenvalue weighted by Crippen LogP contribution is 2.28. The Hall–Kier alpha value is -1.59. The quantitative estimate of drug-likeness (QED) is 0.774. The maximum Gasteiger partial charge on any atom is 0.221 e. The van der Waals surface area contributed by atoms with Crippen molar-refractivity contribution in [3.05, 3.63) is 51.7 Å². The summed E-state index contributed by atoms with van der Waals surface area (Å²) in [4.78, 5) is 15.2. The molecule has 4 nitrogen and oxygen atoms in total. The molecule has 2 aromatic rings. The third-order valence-corrected chi connectivity index (χ3v) is 3.62. The highest BCUT2D eigenvalue weighted by atomic mass is 79.9. The third kappa shape index (κ3) is 4.44. The third-order valence-electron chi connectivity index (χ3n) is 2.88. The van der Waals surface area contributed by atoms with E-state index in [1.165, 1.54) is 6.92 Å². The van der Waals surface area contributed by atoms with Gasteiger partial charge in [0.1, 0.15) is 0 Å². The minimum atomic E-state index is -0.0907. The predicted molar refractivity (Wildman–Crippen MR) is 89.7 cm³/mol. The lowest BCUT2D eigenvalue weighted by molar-refractivity contribution is -0.114. The number of amides is 1. The Morgan fingerprint density at radius 2 is 2.14 bits per heavy atom. The van der Waals surface area contributed by atoms with Crippen molar-refractivity contribution in [3.8, 4) is 0 Å². The fraction of sp³-hybridized carbons (Fsp3) is 0.200. The van der Waals surface area contributed by atoms with Gasteiger partial charge in [-0.25, -0.2) is 4.98 Å². The first-order chi connectivity index (χ1) is 9.95. The molecule has 1 unspecified atom stereocenters. The molecule has 0 saturated heterocycles. The maximum absolute atomic E-state index is 11.1. The summed E-state index contributed by atoms with van der Waals surface area (Å²) in [6.07, 6.45) is 1.65. The van der Waals surface area contributed by atoms with Crippen LogP contribution < -0.4 is 10.6 Å². The van der Waals surface area contributed by atoms with Crippen LogP contribution in [-0.4, -0.2) is 10.9 Å². The summed E-state index contributed by atoms with van der Waals surface area (Å²) in [6, 6.07) is 9.57. The number of pyridine rings is 1. The summed E-state index contributed by atoms with van der Waals surface area (Å²) in [6.45, 7) is 3.51. The van der Waals surface area contributed by atoms with Crippen molar-refractivity contribution >= 4 is 44.8 Å². The number of halogens is 2. The van der Waals surface area contributed by atoms with E-state index in [0.29, 0.717) is 5.15 Å². The topological polar surface area (TPSA) is 54.0 Å². The first kappa shape index (κ1) is 15.8. The molecule has 0 spiro atoms. The molecule has 0 aliphatic rings. The average molecular weight is 369 g/mol. The smallest absolute Gasteiger partial charge is 0.221 e. The number of aromatic nitrogens is 1. The van der Waals surface area contributed by atoms with Gasteiger partial charge in [-0.2, -0.15) is 0 Å². The number of nitrogens with one attached hydrogen (secondary N) is 2. The van der Waals surface area contributed by atoms with Crippen molar-refractivity contribution in [3.63, 3.8) is 0 Å². The van der Waals surface area contributed by atoms with E-state index >= 15 is 0 Å². The molecule has 0 aliphatic carbocycles. The van der Waals surface area contributed by atoms with Crippen LogP contribution in [0.25, 0.3) is 0 Å². The van der Waals surface area contributed by atoms with Crippen LogP contribution in [0.3, 0.4) is 0 Å². The van der Waals surface area contributed by atoms with Gasteiger partial charge >= 0.3 is 0 Å². The highest BCUT2D eigenvalue weighted by Gasteiger charge is 2.10. The van der Waals surface area contributed by atoms with Gasteiger partial charge in [0.15, 0.2) is 5.15 Å². The molecule has 2 N–H and O–H groups in total. The zero-order chi connectivity index (χ0) is 15.4. The van der Waals surface area contributed by atoms with Crippen molar-refractivity contribution < 1.29 is 4.79 Å². The molecule has 0 radical (unpaired) electrons. The van der Waals surface area contributed by atoms with Crippen LogP contribution in [0.4, 0.5) is 11.4 Å². The van der Waals surface area contributed by atoms with Crippen molar-refractivity contribution in [2.75, 3.05) is 10.6 Å². The molecular formula is C15H15BrClN3O. The van der Waals surface area contributed by atoms with Gasteiger partial charge in [0.05, 0.1) is 5.69 Å². The Bertz CT molecular complexity index is 663. The first-order valence-electron chi connectivity index (χ1n) is 6.41. The van der Waals surface area contributed by atoms with E-state index in [9.17, 15) is 4.79 Å². The summed E-state index contributed by atoms with van der Waals surface area (Å²) in [7, 11) is 0. The Morgan fingerprint density at radius 1 is 1.38 bits per heavy atom. The standard InChI is InChI=1S/C15H15BrClN3O/c1-9(19-14-7-12(16)8-18-15(14)17)11-4-3-5-13(6-11)20-10(2)21/h3-9,19H,1-2H3,(H,20,21). The molecule has 1 amide bonds. The van der Waals surface area contributed by atoms with E-state index in [-0.39, 0.29) is 11.9 Å². The molecule has 0 bridgehead atoms. The lowest BCUT2D eigenvalue weighted by atomic mass is 10.1. The second-order valence-electron chi connectivity index (χ2n) is 4.66. The maximum atomic E-state index is 11.1. The Labute approximate surface area is 137 Å². The van der Waals surface area contributed by atoms with Crippen LogP contribution in [-0.2, 0) is 4.79 Å². The number of nitrogens with zero attached hydrogens (tertiary/aromatic N) is 1. The predicted octanol–water partition coefficient (Wildman–Crippen LogP) is 4.63. The number of hydrogen-bond acceptors (Lipinski definition) is 3. The fourth-order valence-corrected chi connectivity index (χ4v) is 2.42. The molecule has 1 aromatic heterocycles. The van der Waals surface area contributed by atoms with E-state index in [1.807, 2.05) is 37.3 Å². The van der Waals surface area contributed by atoms with Crippen molar-refractivity contribution in [1.82, 2.24) is 4.98 Å². The molecule has 0 aliphatic heterocycles. The molecule has 0 saturated carbocycles. The van der Waals surface area contributed by atoms with Crippen LogP contribution >= 0.6 is 27.5 Å². The molecule has 0 fully saturated rings. The van der Waals surface area contributed by atoms with Crippen LogP contribution in [0, 0.1) is 0 Å². The average Bonchev–Trinajstić information content (AvgIpc) is 2.42. The van der Waals surface area contributed by atoms with Crippen LogP contribution in [0.15, 0.2) is 41.0 Å². The fourth-order valence-electron chi connectivity index (χ4n) is 1.93. The Morgan fingerprint density at radius 3 is 2.86 bits per heavy atom. The first-order valence-corrected chi connectivity index (χ1v) is 7.58. The number of carbonyl (C=O) groups is 1. The van der Waals surface area contributed by atoms with Crippen LogP contribution in [0.1, 0.15) is 25.5 Å².